The first-order valence-corrected chi connectivity index (χ1v) is 5.18. The van der Waals surface area contributed by atoms with Gasteiger partial charge in [-0.25, -0.2) is 4.39 Å². The number of ether oxygens (including phenoxy) is 1. The van der Waals surface area contributed by atoms with Gasteiger partial charge in [-0.1, -0.05) is 6.08 Å². The molecule has 0 bridgehead atoms. The highest BCUT2D eigenvalue weighted by molar-refractivity contribution is 5.88. The molecule has 2 saturated heterocycles. The summed E-state index contributed by atoms with van der Waals surface area (Å²) >= 11 is 0. The maximum absolute atomic E-state index is 14.3. The summed E-state index contributed by atoms with van der Waals surface area (Å²) < 4.78 is 19.7. The van der Waals surface area contributed by atoms with E-state index in [2.05, 4.69) is 6.58 Å². The standard InChI is InChI=1S/C11H16FNO2/c1-4-5-11(12)6-8-7-15-10(2,3)13(8)9(11)14/h4,8H,1,5-7H2,2-3H3/t8-,11-/m0/s1. The minimum Gasteiger partial charge on any atom is -0.354 e. The summed E-state index contributed by atoms with van der Waals surface area (Å²) in [5, 5.41) is 0. The highest BCUT2D eigenvalue weighted by Crippen LogP contribution is 2.43. The van der Waals surface area contributed by atoms with E-state index < -0.39 is 17.3 Å². The molecule has 0 aromatic rings. The van der Waals surface area contributed by atoms with E-state index >= 15 is 0 Å². The number of hydrogen-bond donors (Lipinski definition) is 0. The number of carbonyl (C=O) groups is 1. The largest absolute Gasteiger partial charge is 0.354 e. The van der Waals surface area contributed by atoms with Gasteiger partial charge in [0.2, 0.25) is 0 Å². The van der Waals surface area contributed by atoms with Crippen molar-refractivity contribution >= 4 is 5.91 Å². The quantitative estimate of drug-likeness (QED) is 0.652. The third kappa shape index (κ3) is 1.39. The lowest BCUT2D eigenvalue weighted by Crippen LogP contribution is -2.47. The molecule has 0 spiro atoms. The second kappa shape index (κ2) is 3.04. The van der Waals surface area contributed by atoms with Crippen molar-refractivity contribution in [1.82, 2.24) is 4.90 Å². The maximum Gasteiger partial charge on any atom is 0.263 e. The molecule has 2 fully saturated rings. The fraction of sp³-hybridized carbons (Fsp3) is 0.727. The van der Waals surface area contributed by atoms with E-state index in [9.17, 15) is 9.18 Å². The normalized spacial score (nSPS) is 38.2. The highest BCUT2D eigenvalue weighted by atomic mass is 19.1. The van der Waals surface area contributed by atoms with Crippen molar-refractivity contribution in [1.29, 1.82) is 0 Å². The highest BCUT2D eigenvalue weighted by Gasteiger charge is 2.59. The number of hydrogen-bond acceptors (Lipinski definition) is 2. The predicted octanol–water partition coefficient (Wildman–Crippen LogP) is 1.64. The second-order valence-corrected chi connectivity index (χ2v) is 4.75. The Morgan fingerprint density at radius 2 is 2.40 bits per heavy atom. The number of halogens is 1. The summed E-state index contributed by atoms with van der Waals surface area (Å²) in [5.41, 5.74) is -2.43. The number of allylic oxidation sites excluding steroid dienone is 1. The summed E-state index contributed by atoms with van der Waals surface area (Å²) in [7, 11) is 0. The Morgan fingerprint density at radius 1 is 1.73 bits per heavy atom. The van der Waals surface area contributed by atoms with Gasteiger partial charge in [-0.15, -0.1) is 6.58 Å². The van der Waals surface area contributed by atoms with E-state index in [1.807, 2.05) is 0 Å². The van der Waals surface area contributed by atoms with Crippen LogP contribution in [0.1, 0.15) is 26.7 Å². The smallest absolute Gasteiger partial charge is 0.263 e. The van der Waals surface area contributed by atoms with Gasteiger partial charge in [-0.05, 0) is 13.8 Å². The molecule has 2 atom stereocenters. The molecule has 2 aliphatic heterocycles. The van der Waals surface area contributed by atoms with Crippen molar-refractivity contribution in [2.45, 2.75) is 44.1 Å². The molecule has 0 aromatic heterocycles. The van der Waals surface area contributed by atoms with E-state index in [0.717, 1.165) is 0 Å². The van der Waals surface area contributed by atoms with E-state index in [-0.39, 0.29) is 18.9 Å². The van der Waals surface area contributed by atoms with Crippen LogP contribution in [0, 0.1) is 0 Å². The van der Waals surface area contributed by atoms with Crippen molar-refractivity contribution in [2.24, 2.45) is 0 Å². The molecule has 0 radical (unpaired) electrons. The monoisotopic (exact) mass is 213 g/mol. The zero-order valence-corrected chi connectivity index (χ0v) is 9.12. The molecule has 0 unspecified atom stereocenters. The van der Waals surface area contributed by atoms with Crippen LogP contribution in [0.3, 0.4) is 0 Å². The minimum atomic E-state index is -1.76. The molecule has 84 valence electrons. The van der Waals surface area contributed by atoms with Crippen LogP contribution in [0.25, 0.3) is 0 Å². The number of fused-ring (bicyclic) bond motifs is 1. The second-order valence-electron chi connectivity index (χ2n) is 4.75. The first-order valence-electron chi connectivity index (χ1n) is 5.18. The molecule has 4 heteroatoms. The van der Waals surface area contributed by atoms with Crippen molar-refractivity contribution in [3.05, 3.63) is 12.7 Å². The summed E-state index contributed by atoms with van der Waals surface area (Å²) in [5.74, 6) is -0.449. The van der Waals surface area contributed by atoms with Gasteiger partial charge >= 0.3 is 0 Å². The van der Waals surface area contributed by atoms with Crippen LogP contribution in [-0.4, -0.2) is 34.8 Å². The molecule has 15 heavy (non-hydrogen) atoms. The Labute approximate surface area is 88.9 Å². The summed E-state index contributed by atoms with van der Waals surface area (Å²) in [6, 6.07) is -0.113. The SMILES string of the molecule is C=CC[C@]1(F)C[C@H]2COC(C)(C)N2C1=O. The number of nitrogens with zero attached hydrogens (tertiary/aromatic N) is 1. The van der Waals surface area contributed by atoms with Crippen molar-refractivity contribution in [2.75, 3.05) is 6.61 Å². The maximum atomic E-state index is 14.3. The molecular weight excluding hydrogens is 197 g/mol. The number of rotatable bonds is 2. The lowest BCUT2D eigenvalue weighted by atomic mass is 9.98. The van der Waals surface area contributed by atoms with Gasteiger partial charge in [0, 0.05) is 12.8 Å². The van der Waals surface area contributed by atoms with Crippen LogP contribution >= 0.6 is 0 Å². The Balaban J connectivity index is 2.27. The lowest BCUT2D eigenvalue weighted by molar-refractivity contribution is -0.151. The molecule has 0 N–H and O–H groups in total. The topological polar surface area (TPSA) is 29.5 Å². The van der Waals surface area contributed by atoms with Crippen LogP contribution in [-0.2, 0) is 9.53 Å². The van der Waals surface area contributed by atoms with Gasteiger partial charge in [0.15, 0.2) is 5.67 Å². The molecular formula is C11H16FNO2. The van der Waals surface area contributed by atoms with Crippen LogP contribution in [0.4, 0.5) is 4.39 Å². The molecule has 0 saturated carbocycles. The fourth-order valence-electron chi connectivity index (χ4n) is 2.52. The zero-order chi connectivity index (χ0) is 11.3. The zero-order valence-electron chi connectivity index (χ0n) is 9.12. The van der Waals surface area contributed by atoms with Gasteiger partial charge in [-0.3, -0.25) is 4.79 Å². The lowest BCUT2D eigenvalue weighted by Gasteiger charge is -2.30. The minimum absolute atomic E-state index is 0.0922. The Bertz CT molecular complexity index is 316. The van der Waals surface area contributed by atoms with Crippen molar-refractivity contribution in [3.8, 4) is 0 Å². The average molecular weight is 213 g/mol. The third-order valence-corrected chi connectivity index (χ3v) is 3.20. The molecule has 2 rings (SSSR count). The van der Waals surface area contributed by atoms with Crippen LogP contribution in [0.2, 0.25) is 0 Å². The van der Waals surface area contributed by atoms with Crippen LogP contribution < -0.4 is 0 Å². The first-order chi connectivity index (χ1) is 6.91. The molecule has 0 aliphatic carbocycles. The number of carbonyl (C=O) groups excluding carboxylic acids is 1. The van der Waals surface area contributed by atoms with Crippen molar-refractivity contribution < 1.29 is 13.9 Å². The predicted molar refractivity (Wildman–Crippen MR) is 53.9 cm³/mol. The first kappa shape index (κ1) is 10.6. The van der Waals surface area contributed by atoms with Gasteiger partial charge in [0.1, 0.15) is 5.72 Å². The van der Waals surface area contributed by atoms with Gasteiger partial charge in [0.25, 0.3) is 5.91 Å². The van der Waals surface area contributed by atoms with E-state index in [1.165, 1.54) is 11.0 Å². The van der Waals surface area contributed by atoms with Gasteiger partial charge in [-0.2, -0.15) is 0 Å². The van der Waals surface area contributed by atoms with Gasteiger partial charge < -0.3 is 9.64 Å². The van der Waals surface area contributed by atoms with E-state index in [0.29, 0.717) is 6.61 Å². The van der Waals surface area contributed by atoms with Gasteiger partial charge in [0.05, 0.1) is 12.6 Å². The molecule has 2 aliphatic rings. The molecule has 3 nitrogen and oxygen atoms in total. The molecule has 2 heterocycles. The molecule has 1 amide bonds. The van der Waals surface area contributed by atoms with E-state index in [1.54, 1.807) is 13.8 Å². The Kier molecular flexibility index (Phi) is 2.15. The van der Waals surface area contributed by atoms with Crippen LogP contribution in [0.15, 0.2) is 12.7 Å². The number of amides is 1. The summed E-state index contributed by atoms with van der Waals surface area (Å²) in [4.78, 5) is 13.5. The van der Waals surface area contributed by atoms with Crippen molar-refractivity contribution in [3.63, 3.8) is 0 Å². The average Bonchev–Trinajstić information content (AvgIpc) is 2.53. The fourth-order valence-corrected chi connectivity index (χ4v) is 2.52. The number of alkyl halides is 1. The van der Waals surface area contributed by atoms with Crippen LogP contribution in [0.5, 0.6) is 0 Å². The Hall–Kier alpha value is -0.900. The third-order valence-electron chi connectivity index (χ3n) is 3.20. The summed E-state index contributed by atoms with van der Waals surface area (Å²) in [6.45, 7) is 7.52. The Morgan fingerprint density at radius 3 is 2.93 bits per heavy atom. The van der Waals surface area contributed by atoms with E-state index in [4.69, 9.17) is 4.74 Å². The summed E-state index contributed by atoms with van der Waals surface area (Å²) in [6.07, 6.45) is 1.78. The molecule has 0 aromatic carbocycles.